The highest BCUT2D eigenvalue weighted by atomic mass is 16.2. The molecule has 0 unspecified atom stereocenters. The lowest BCUT2D eigenvalue weighted by Gasteiger charge is -2.16. The lowest BCUT2D eigenvalue weighted by atomic mass is 9.89. The number of Topliss-reactive ketones (excluding diaryl/α,β-unsaturated/α-hetero) is 1. The zero-order chi connectivity index (χ0) is 20.8. The van der Waals surface area contributed by atoms with Gasteiger partial charge in [0.05, 0.1) is 6.33 Å². The van der Waals surface area contributed by atoms with Gasteiger partial charge in [-0.1, -0.05) is 36.4 Å². The van der Waals surface area contributed by atoms with Crippen LogP contribution < -0.4 is 5.32 Å². The first-order valence-corrected chi connectivity index (χ1v) is 10.6. The molecule has 1 aromatic heterocycles. The normalized spacial score (nSPS) is 12.9. The molecule has 0 saturated heterocycles. The second-order valence-electron chi connectivity index (χ2n) is 7.94. The zero-order valence-electron chi connectivity index (χ0n) is 17.1. The van der Waals surface area contributed by atoms with E-state index in [1.807, 2.05) is 35.0 Å². The van der Waals surface area contributed by atoms with Crippen molar-refractivity contribution in [3.05, 3.63) is 89.0 Å². The molecule has 5 heteroatoms. The summed E-state index contributed by atoms with van der Waals surface area (Å²) in [6.45, 7) is 1.24. The number of aromatic nitrogens is 2. The second kappa shape index (κ2) is 9.53. The lowest BCUT2D eigenvalue weighted by molar-refractivity contribution is -0.121. The fraction of sp³-hybridized carbons (Fsp3) is 0.320. The van der Waals surface area contributed by atoms with Crippen LogP contribution >= 0.6 is 0 Å². The molecule has 30 heavy (non-hydrogen) atoms. The van der Waals surface area contributed by atoms with Crippen LogP contribution in [-0.2, 0) is 30.7 Å². The maximum absolute atomic E-state index is 12.5. The standard InChI is InChI=1S/C25H27N3O2/c29-24(23-10-9-21-3-1-2-4-22(21)15-23)11-12-25(30)27-16-19-5-7-20(8-6-19)17-28-14-13-26-18-28/h5-10,13-15,18H,1-4,11-12,16-17H2,(H,27,30). The van der Waals surface area contributed by atoms with Crippen molar-refractivity contribution in [1.82, 2.24) is 14.9 Å². The Bertz CT molecular complexity index is 1010. The molecular formula is C25H27N3O2. The van der Waals surface area contributed by atoms with Gasteiger partial charge in [-0.15, -0.1) is 0 Å². The Morgan fingerprint density at radius 3 is 2.47 bits per heavy atom. The topological polar surface area (TPSA) is 64.0 Å². The van der Waals surface area contributed by atoms with E-state index in [4.69, 9.17) is 0 Å². The Balaban J connectivity index is 1.22. The number of imidazole rings is 1. The van der Waals surface area contributed by atoms with Gasteiger partial charge in [0.15, 0.2) is 5.78 Å². The third kappa shape index (κ3) is 5.23. The highest BCUT2D eigenvalue weighted by Crippen LogP contribution is 2.23. The van der Waals surface area contributed by atoms with Gasteiger partial charge in [-0.05, 0) is 54.0 Å². The summed E-state index contributed by atoms with van der Waals surface area (Å²) in [6.07, 6.45) is 10.5. The molecule has 0 spiro atoms. The minimum Gasteiger partial charge on any atom is -0.352 e. The van der Waals surface area contributed by atoms with Crippen molar-refractivity contribution in [2.24, 2.45) is 0 Å². The highest BCUT2D eigenvalue weighted by molar-refractivity contribution is 5.98. The van der Waals surface area contributed by atoms with E-state index in [2.05, 4.69) is 28.5 Å². The van der Waals surface area contributed by atoms with Gasteiger partial charge in [0.2, 0.25) is 5.91 Å². The van der Waals surface area contributed by atoms with Crippen LogP contribution in [0.15, 0.2) is 61.2 Å². The second-order valence-corrected chi connectivity index (χ2v) is 7.94. The average molecular weight is 402 g/mol. The Morgan fingerprint density at radius 2 is 1.70 bits per heavy atom. The first-order valence-electron chi connectivity index (χ1n) is 10.6. The lowest BCUT2D eigenvalue weighted by Crippen LogP contribution is -2.23. The molecule has 0 aliphatic heterocycles. The van der Waals surface area contributed by atoms with E-state index in [9.17, 15) is 9.59 Å². The number of hydrogen-bond donors (Lipinski definition) is 1. The monoisotopic (exact) mass is 401 g/mol. The van der Waals surface area contributed by atoms with Crippen LogP contribution in [-0.4, -0.2) is 21.2 Å². The summed E-state index contributed by atoms with van der Waals surface area (Å²) in [5.41, 5.74) is 5.62. The van der Waals surface area contributed by atoms with Crippen molar-refractivity contribution in [2.45, 2.75) is 51.6 Å². The fourth-order valence-corrected chi connectivity index (χ4v) is 3.92. The maximum atomic E-state index is 12.5. The minimum absolute atomic E-state index is 0.0439. The zero-order valence-corrected chi connectivity index (χ0v) is 17.1. The third-order valence-corrected chi connectivity index (χ3v) is 5.69. The molecule has 0 fully saturated rings. The number of fused-ring (bicyclic) bond motifs is 1. The van der Waals surface area contributed by atoms with Crippen LogP contribution in [0.3, 0.4) is 0 Å². The number of nitrogens with zero attached hydrogens (tertiary/aromatic N) is 2. The van der Waals surface area contributed by atoms with Crippen LogP contribution in [0.25, 0.3) is 0 Å². The van der Waals surface area contributed by atoms with Gasteiger partial charge in [-0.3, -0.25) is 9.59 Å². The summed E-state index contributed by atoms with van der Waals surface area (Å²) in [5, 5.41) is 2.91. The third-order valence-electron chi connectivity index (χ3n) is 5.69. The van der Waals surface area contributed by atoms with Crippen molar-refractivity contribution < 1.29 is 9.59 Å². The Kier molecular flexibility index (Phi) is 6.38. The first-order chi connectivity index (χ1) is 14.7. The Hall–Kier alpha value is -3.21. The van der Waals surface area contributed by atoms with Gasteiger partial charge in [-0.25, -0.2) is 4.98 Å². The first kappa shape index (κ1) is 20.1. The molecule has 4 rings (SSSR count). The molecule has 0 saturated carbocycles. The van der Waals surface area contributed by atoms with Gasteiger partial charge in [0, 0.05) is 43.9 Å². The number of benzene rings is 2. The fourth-order valence-electron chi connectivity index (χ4n) is 3.92. The van der Waals surface area contributed by atoms with E-state index in [1.54, 1.807) is 12.5 Å². The Labute approximate surface area is 177 Å². The predicted octanol–water partition coefficient (Wildman–Crippen LogP) is 4.09. The van der Waals surface area contributed by atoms with E-state index >= 15 is 0 Å². The summed E-state index contributed by atoms with van der Waals surface area (Å²) in [5.74, 6) is -0.0498. The van der Waals surface area contributed by atoms with E-state index in [-0.39, 0.29) is 24.5 Å². The molecule has 1 amide bonds. The summed E-state index contributed by atoms with van der Waals surface area (Å²) < 4.78 is 2.01. The van der Waals surface area contributed by atoms with Gasteiger partial charge >= 0.3 is 0 Å². The SMILES string of the molecule is O=C(CCC(=O)c1ccc2c(c1)CCCC2)NCc1ccc(Cn2ccnc2)cc1. The van der Waals surface area contributed by atoms with Crippen LogP contribution in [0, 0.1) is 0 Å². The van der Waals surface area contributed by atoms with E-state index in [0.717, 1.165) is 30.5 Å². The summed E-state index contributed by atoms with van der Waals surface area (Å²) in [4.78, 5) is 28.7. The number of carbonyl (C=O) groups is 2. The number of rotatable bonds is 8. The molecular weight excluding hydrogens is 374 g/mol. The highest BCUT2D eigenvalue weighted by Gasteiger charge is 2.14. The van der Waals surface area contributed by atoms with Crippen molar-refractivity contribution in [2.75, 3.05) is 0 Å². The van der Waals surface area contributed by atoms with E-state index in [1.165, 1.54) is 29.5 Å². The molecule has 1 heterocycles. The van der Waals surface area contributed by atoms with Crippen LogP contribution in [0.5, 0.6) is 0 Å². The molecule has 1 aliphatic carbocycles. The van der Waals surface area contributed by atoms with Crippen molar-refractivity contribution in [1.29, 1.82) is 0 Å². The molecule has 2 aromatic carbocycles. The van der Waals surface area contributed by atoms with Crippen molar-refractivity contribution in [3.8, 4) is 0 Å². The minimum atomic E-state index is -0.0937. The molecule has 1 N–H and O–H groups in total. The van der Waals surface area contributed by atoms with Gasteiger partial charge in [-0.2, -0.15) is 0 Å². The summed E-state index contributed by atoms with van der Waals surface area (Å²) in [7, 11) is 0. The molecule has 0 atom stereocenters. The summed E-state index contributed by atoms with van der Waals surface area (Å²) in [6, 6.07) is 14.2. The maximum Gasteiger partial charge on any atom is 0.220 e. The van der Waals surface area contributed by atoms with Gasteiger partial charge in [0.25, 0.3) is 0 Å². The largest absolute Gasteiger partial charge is 0.352 e. The molecule has 154 valence electrons. The smallest absolute Gasteiger partial charge is 0.220 e. The van der Waals surface area contributed by atoms with Gasteiger partial charge < -0.3 is 9.88 Å². The van der Waals surface area contributed by atoms with E-state index < -0.39 is 0 Å². The number of carbonyl (C=O) groups excluding carboxylic acids is 2. The van der Waals surface area contributed by atoms with E-state index in [0.29, 0.717) is 6.54 Å². The predicted molar refractivity (Wildman–Crippen MR) is 116 cm³/mol. The molecule has 1 aliphatic rings. The number of nitrogens with one attached hydrogen (secondary N) is 1. The van der Waals surface area contributed by atoms with Crippen molar-refractivity contribution >= 4 is 11.7 Å². The van der Waals surface area contributed by atoms with Crippen LogP contribution in [0.2, 0.25) is 0 Å². The molecule has 3 aromatic rings. The Morgan fingerprint density at radius 1 is 0.933 bits per heavy atom. The van der Waals surface area contributed by atoms with Crippen molar-refractivity contribution in [3.63, 3.8) is 0 Å². The summed E-state index contributed by atoms with van der Waals surface area (Å²) >= 11 is 0. The number of amides is 1. The number of hydrogen-bond acceptors (Lipinski definition) is 3. The average Bonchev–Trinajstić information content (AvgIpc) is 3.29. The quantitative estimate of drug-likeness (QED) is 0.578. The number of ketones is 1. The van der Waals surface area contributed by atoms with Crippen LogP contribution in [0.4, 0.5) is 0 Å². The molecule has 0 bridgehead atoms. The van der Waals surface area contributed by atoms with Gasteiger partial charge in [0.1, 0.15) is 0 Å². The number of aryl methyl sites for hydroxylation is 2. The molecule has 5 nitrogen and oxygen atoms in total. The van der Waals surface area contributed by atoms with Crippen LogP contribution in [0.1, 0.15) is 58.3 Å². The molecule has 0 radical (unpaired) electrons.